The van der Waals surface area contributed by atoms with E-state index >= 15 is 0 Å². The van der Waals surface area contributed by atoms with E-state index in [-0.39, 0.29) is 48.8 Å². The number of nitrogens with zero attached hydrogens (tertiary/aromatic N) is 4. The summed E-state index contributed by atoms with van der Waals surface area (Å²) in [6.07, 6.45) is -0.139. The van der Waals surface area contributed by atoms with Crippen LogP contribution in [0.1, 0.15) is 24.6 Å². The second kappa shape index (κ2) is 12.9. The molecule has 0 atom stereocenters. The highest BCUT2D eigenvalue weighted by molar-refractivity contribution is 5.77. The van der Waals surface area contributed by atoms with Crippen molar-refractivity contribution in [1.82, 2.24) is 25.0 Å². The van der Waals surface area contributed by atoms with Crippen LogP contribution in [0, 0.1) is 5.82 Å². The fourth-order valence-corrected chi connectivity index (χ4v) is 4.07. The maximum absolute atomic E-state index is 13.1. The zero-order valence-electron chi connectivity index (χ0n) is 21.8. The van der Waals surface area contributed by atoms with Gasteiger partial charge in [0.05, 0.1) is 13.7 Å². The van der Waals surface area contributed by atoms with E-state index in [4.69, 9.17) is 14.2 Å². The van der Waals surface area contributed by atoms with Crippen LogP contribution < -0.4 is 15.0 Å². The molecule has 2 heterocycles. The molecule has 2 amide bonds. The highest BCUT2D eigenvalue weighted by atomic mass is 19.1. The van der Waals surface area contributed by atoms with Gasteiger partial charge < -0.3 is 29.0 Å². The second-order valence-corrected chi connectivity index (χ2v) is 8.80. The SMILES string of the molecule is CCOC(=O)N1CCN(C(=O)CCc2nnc(-c3ccc(OCc4ccc(F)cc4)c(OC)c3)[nH]c2=O)CC1. The number of benzene rings is 2. The summed E-state index contributed by atoms with van der Waals surface area (Å²) < 4.78 is 29.3. The lowest BCUT2D eigenvalue weighted by atomic mass is 10.1. The number of methoxy groups -OCH3 is 1. The number of H-pyrrole nitrogens is 1. The predicted octanol–water partition coefficient (Wildman–Crippen LogP) is 2.79. The maximum atomic E-state index is 13.1. The Morgan fingerprint density at radius 3 is 2.38 bits per heavy atom. The van der Waals surface area contributed by atoms with Crippen molar-refractivity contribution in [2.24, 2.45) is 0 Å². The Labute approximate surface area is 224 Å². The van der Waals surface area contributed by atoms with Crippen molar-refractivity contribution in [2.75, 3.05) is 39.9 Å². The van der Waals surface area contributed by atoms with Gasteiger partial charge in [-0.05, 0) is 42.8 Å². The average Bonchev–Trinajstić information content (AvgIpc) is 2.96. The highest BCUT2D eigenvalue weighted by Crippen LogP contribution is 2.31. The first-order valence-corrected chi connectivity index (χ1v) is 12.6. The molecule has 1 fully saturated rings. The molecule has 0 unspecified atom stereocenters. The zero-order valence-corrected chi connectivity index (χ0v) is 21.8. The van der Waals surface area contributed by atoms with Crippen molar-refractivity contribution in [3.05, 3.63) is 69.9 Å². The van der Waals surface area contributed by atoms with Gasteiger partial charge in [-0.2, -0.15) is 0 Å². The number of aromatic nitrogens is 3. The van der Waals surface area contributed by atoms with Crippen LogP contribution in [0.5, 0.6) is 11.5 Å². The molecule has 0 aliphatic carbocycles. The Morgan fingerprint density at radius 2 is 1.72 bits per heavy atom. The lowest BCUT2D eigenvalue weighted by Gasteiger charge is -2.34. The molecule has 12 heteroatoms. The zero-order chi connectivity index (χ0) is 27.8. The summed E-state index contributed by atoms with van der Waals surface area (Å²) in [5.41, 5.74) is 1.08. The largest absolute Gasteiger partial charge is 0.493 e. The average molecular weight is 540 g/mol. The molecule has 2 aromatic carbocycles. The van der Waals surface area contributed by atoms with Crippen LogP contribution in [0.3, 0.4) is 0 Å². The third-order valence-corrected chi connectivity index (χ3v) is 6.24. The van der Waals surface area contributed by atoms with E-state index in [0.29, 0.717) is 49.8 Å². The Bertz CT molecular complexity index is 1360. The minimum atomic E-state index is -0.435. The van der Waals surface area contributed by atoms with E-state index < -0.39 is 5.56 Å². The molecule has 1 aromatic heterocycles. The van der Waals surface area contributed by atoms with Gasteiger partial charge in [0.1, 0.15) is 18.1 Å². The van der Waals surface area contributed by atoms with Crippen LogP contribution in [0.15, 0.2) is 47.3 Å². The van der Waals surface area contributed by atoms with Crippen molar-refractivity contribution < 1.29 is 28.2 Å². The van der Waals surface area contributed by atoms with Gasteiger partial charge in [0.25, 0.3) is 5.56 Å². The van der Waals surface area contributed by atoms with Crippen LogP contribution in [0.2, 0.25) is 0 Å². The van der Waals surface area contributed by atoms with E-state index in [9.17, 15) is 18.8 Å². The normalized spacial score (nSPS) is 13.2. The topological polar surface area (TPSA) is 127 Å². The molecule has 0 radical (unpaired) electrons. The third kappa shape index (κ3) is 7.09. The van der Waals surface area contributed by atoms with Crippen LogP contribution in [0.25, 0.3) is 11.4 Å². The second-order valence-electron chi connectivity index (χ2n) is 8.80. The number of rotatable bonds is 9. The van der Waals surface area contributed by atoms with Crippen LogP contribution in [0.4, 0.5) is 9.18 Å². The molecule has 39 heavy (non-hydrogen) atoms. The van der Waals surface area contributed by atoms with E-state index in [1.165, 1.54) is 19.2 Å². The summed E-state index contributed by atoms with van der Waals surface area (Å²) in [5, 5.41) is 8.19. The standard InChI is InChI=1S/C27H30FN5O6/c1-3-38-27(36)33-14-12-32(13-15-33)24(34)11-9-21-26(35)29-25(31-30-21)19-6-10-22(23(16-19)37-2)39-17-18-4-7-20(28)8-5-18/h4-8,10,16H,3,9,11-15,17H2,1-2H3,(H,29,31,35). The molecule has 0 bridgehead atoms. The molecule has 0 spiro atoms. The number of carbonyl (C=O) groups is 2. The number of halogens is 1. The van der Waals surface area contributed by atoms with E-state index in [1.807, 2.05) is 0 Å². The molecule has 206 valence electrons. The first-order chi connectivity index (χ1) is 18.9. The van der Waals surface area contributed by atoms with E-state index in [2.05, 4.69) is 15.2 Å². The van der Waals surface area contributed by atoms with Crippen molar-refractivity contribution >= 4 is 12.0 Å². The number of aromatic amines is 1. The van der Waals surface area contributed by atoms with Gasteiger partial charge in [-0.25, -0.2) is 9.18 Å². The number of hydrogen-bond acceptors (Lipinski definition) is 8. The number of piperazine rings is 1. The van der Waals surface area contributed by atoms with E-state index in [0.717, 1.165) is 5.56 Å². The van der Waals surface area contributed by atoms with Gasteiger partial charge >= 0.3 is 6.09 Å². The Hall–Kier alpha value is -4.48. The molecule has 0 saturated carbocycles. The third-order valence-electron chi connectivity index (χ3n) is 6.24. The monoisotopic (exact) mass is 539 g/mol. The molecule has 1 N–H and O–H groups in total. The van der Waals surface area contributed by atoms with Crippen molar-refractivity contribution in [3.8, 4) is 22.9 Å². The summed E-state index contributed by atoms with van der Waals surface area (Å²) >= 11 is 0. The molecule has 11 nitrogen and oxygen atoms in total. The van der Waals surface area contributed by atoms with Crippen molar-refractivity contribution in [3.63, 3.8) is 0 Å². The lowest BCUT2D eigenvalue weighted by Crippen LogP contribution is -2.50. The number of hydrogen-bond donors (Lipinski definition) is 1. The minimum absolute atomic E-state index is 0.102. The number of amides is 2. The van der Waals surface area contributed by atoms with Crippen molar-refractivity contribution in [1.29, 1.82) is 0 Å². The number of aryl methyl sites for hydroxylation is 1. The molecular formula is C27H30FN5O6. The van der Waals surface area contributed by atoms with Crippen LogP contribution >= 0.6 is 0 Å². The fourth-order valence-electron chi connectivity index (χ4n) is 4.07. The molecule has 4 rings (SSSR count). The summed E-state index contributed by atoms with van der Waals surface area (Å²) in [6, 6.07) is 11.1. The molecular weight excluding hydrogens is 509 g/mol. The van der Waals surface area contributed by atoms with Gasteiger partial charge in [-0.15, -0.1) is 10.2 Å². The summed E-state index contributed by atoms with van der Waals surface area (Å²) in [6.45, 7) is 3.89. The first kappa shape index (κ1) is 27.6. The Balaban J connectivity index is 1.34. The maximum Gasteiger partial charge on any atom is 0.409 e. The minimum Gasteiger partial charge on any atom is -0.493 e. The molecule has 1 saturated heterocycles. The Morgan fingerprint density at radius 1 is 1.00 bits per heavy atom. The molecule has 1 aliphatic rings. The van der Waals surface area contributed by atoms with Gasteiger partial charge in [-0.3, -0.25) is 9.59 Å². The summed E-state index contributed by atoms with van der Waals surface area (Å²) in [7, 11) is 1.50. The smallest absolute Gasteiger partial charge is 0.409 e. The number of nitrogens with one attached hydrogen (secondary N) is 1. The quantitative estimate of drug-likeness (QED) is 0.440. The lowest BCUT2D eigenvalue weighted by molar-refractivity contribution is -0.132. The van der Waals surface area contributed by atoms with E-state index in [1.54, 1.807) is 47.1 Å². The number of ether oxygens (including phenoxy) is 3. The Kier molecular flexibility index (Phi) is 9.08. The van der Waals surface area contributed by atoms with Crippen molar-refractivity contribution in [2.45, 2.75) is 26.4 Å². The van der Waals surface area contributed by atoms with Gasteiger partial charge in [0, 0.05) is 44.6 Å². The predicted molar refractivity (Wildman–Crippen MR) is 139 cm³/mol. The first-order valence-electron chi connectivity index (χ1n) is 12.6. The molecule has 3 aromatic rings. The van der Waals surface area contributed by atoms with Crippen LogP contribution in [-0.4, -0.2) is 76.9 Å². The fraction of sp³-hybridized carbons (Fsp3) is 0.370. The van der Waals surface area contributed by atoms with Crippen LogP contribution in [-0.2, 0) is 22.6 Å². The van der Waals surface area contributed by atoms with Gasteiger partial charge in [0.2, 0.25) is 5.91 Å². The molecule has 1 aliphatic heterocycles. The highest BCUT2D eigenvalue weighted by Gasteiger charge is 2.25. The summed E-state index contributed by atoms with van der Waals surface area (Å²) in [4.78, 5) is 43.1. The van der Waals surface area contributed by atoms with Gasteiger partial charge in [0.15, 0.2) is 17.3 Å². The summed E-state index contributed by atoms with van der Waals surface area (Å²) in [5.74, 6) is 0.701. The van der Waals surface area contributed by atoms with Gasteiger partial charge in [-0.1, -0.05) is 12.1 Å². The number of carbonyl (C=O) groups excluding carboxylic acids is 2.